The SMILES string of the molecule is O=C(NCCCc1ccccc1)C1CC1c1ccccc1F. The average Bonchev–Trinajstić information content (AvgIpc) is 3.33. The number of carbonyl (C=O) groups excluding carboxylic acids is 1. The Balaban J connectivity index is 1.42. The third-order valence-electron chi connectivity index (χ3n) is 4.22. The number of nitrogens with one attached hydrogen (secondary N) is 1. The molecule has 3 rings (SSSR count). The van der Waals surface area contributed by atoms with E-state index in [-0.39, 0.29) is 23.6 Å². The van der Waals surface area contributed by atoms with Gasteiger partial charge in [-0.25, -0.2) is 4.39 Å². The maximum Gasteiger partial charge on any atom is 0.223 e. The van der Waals surface area contributed by atoms with Gasteiger partial charge < -0.3 is 5.32 Å². The molecule has 2 aromatic rings. The fourth-order valence-corrected chi connectivity index (χ4v) is 2.88. The third kappa shape index (κ3) is 3.53. The van der Waals surface area contributed by atoms with Gasteiger partial charge in [0.15, 0.2) is 0 Å². The molecular weight excluding hydrogens is 277 g/mol. The molecule has 2 nitrogen and oxygen atoms in total. The summed E-state index contributed by atoms with van der Waals surface area (Å²) in [4.78, 5) is 12.1. The molecule has 0 spiro atoms. The van der Waals surface area contributed by atoms with E-state index in [2.05, 4.69) is 17.4 Å². The van der Waals surface area contributed by atoms with E-state index in [1.807, 2.05) is 24.3 Å². The van der Waals surface area contributed by atoms with Gasteiger partial charge in [0.2, 0.25) is 5.91 Å². The van der Waals surface area contributed by atoms with Gasteiger partial charge in [-0.3, -0.25) is 4.79 Å². The summed E-state index contributed by atoms with van der Waals surface area (Å²) in [5.41, 5.74) is 1.96. The molecule has 1 N–H and O–H groups in total. The van der Waals surface area contributed by atoms with E-state index in [1.165, 1.54) is 11.6 Å². The molecule has 1 aliphatic carbocycles. The van der Waals surface area contributed by atoms with E-state index in [0.29, 0.717) is 12.1 Å². The quantitative estimate of drug-likeness (QED) is 0.810. The molecule has 0 radical (unpaired) electrons. The summed E-state index contributed by atoms with van der Waals surface area (Å²) in [6.07, 6.45) is 2.64. The second-order valence-corrected chi connectivity index (χ2v) is 5.85. The normalized spacial score (nSPS) is 19.7. The summed E-state index contributed by atoms with van der Waals surface area (Å²) >= 11 is 0. The van der Waals surface area contributed by atoms with Crippen LogP contribution in [0.5, 0.6) is 0 Å². The Kier molecular flexibility index (Phi) is 4.52. The lowest BCUT2D eigenvalue weighted by Gasteiger charge is -2.06. The lowest BCUT2D eigenvalue weighted by atomic mass is 10.1. The Hall–Kier alpha value is -2.16. The largest absolute Gasteiger partial charge is 0.356 e. The minimum Gasteiger partial charge on any atom is -0.356 e. The maximum atomic E-state index is 13.7. The number of halogens is 1. The third-order valence-corrected chi connectivity index (χ3v) is 4.22. The number of hydrogen-bond acceptors (Lipinski definition) is 1. The molecule has 114 valence electrons. The summed E-state index contributed by atoms with van der Waals surface area (Å²) in [5, 5.41) is 2.97. The highest BCUT2D eigenvalue weighted by Gasteiger charge is 2.44. The zero-order valence-corrected chi connectivity index (χ0v) is 12.5. The van der Waals surface area contributed by atoms with Gasteiger partial charge in [-0.1, -0.05) is 48.5 Å². The van der Waals surface area contributed by atoms with Crippen LogP contribution in [0.2, 0.25) is 0 Å². The molecule has 22 heavy (non-hydrogen) atoms. The van der Waals surface area contributed by atoms with Crippen molar-refractivity contribution in [3.8, 4) is 0 Å². The van der Waals surface area contributed by atoms with E-state index in [4.69, 9.17) is 0 Å². The summed E-state index contributed by atoms with van der Waals surface area (Å²) in [6, 6.07) is 17.0. The molecule has 1 saturated carbocycles. The number of benzene rings is 2. The molecule has 1 aliphatic rings. The van der Waals surface area contributed by atoms with Gasteiger partial charge in [-0.05, 0) is 42.4 Å². The Labute approximate surface area is 130 Å². The van der Waals surface area contributed by atoms with Crippen molar-refractivity contribution in [3.05, 3.63) is 71.5 Å². The van der Waals surface area contributed by atoms with Crippen molar-refractivity contribution in [2.24, 2.45) is 5.92 Å². The van der Waals surface area contributed by atoms with E-state index >= 15 is 0 Å². The Bertz CT molecular complexity index is 641. The molecule has 2 atom stereocenters. The predicted molar refractivity (Wildman–Crippen MR) is 85.0 cm³/mol. The Morgan fingerprint density at radius 3 is 2.59 bits per heavy atom. The lowest BCUT2D eigenvalue weighted by molar-refractivity contribution is -0.122. The van der Waals surface area contributed by atoms with Gasteiger partial charge in [0.05, 0.1) is 0 Å². The van der Waals surface area contributed by atoms with Gasteiger partial charge in [0.1, 0.15) is 5.82 Å². The highest BCUT2D eigenvalue weighted by atomic mass is 19.1. The van der Waals surface area contributed by atoms with Crippen LogP contribution in [-0.2, 0) is 11.2 Å². The van der Waals surface area contributed by atoms with Gasteiger partial charge >= 0.3 is 0 Å². The number of hydrogen-bond donors (Lipinski definition) is 1. The molecule has 0 bridgehead atoms. The first-order chi connectivity index (χ1) is 10.8. The van der Waals surface area contributed by atoms with E-state index in [9.17, 15) is 9.18 Å². The number of rotatable bonds is 6. The van der Waals surface area contributed by atoms with Crippen LogP contribution in [0.1, 0.15) is 29.9 Å². The van der Waals surface area contributed by atoms with Crippen molar-refractivity contribution in [2.75, 3.05) is 6.54 Å². The van der Waals surface area contributed by atoms with Gasteiger partial charge in [-0.15, -0.1) is 0 Å². The Morgan fingerprint density at radius 2 is 1.82 bits per heavy atom. The van der Waals surface area contributed by atoms with Crippen molar-refractivity contribution < 1.29 is 9.18 Å². The number of aryl methyl sites for hydroxylation is 1. The first-order valence-electron chi connectivity index (χ1n) is 7.82. The first kappa shape index (κ1) is 14.8. The van der Waals surface area contributed by atoms with Gasteiger partial charge in [-0.2, -0.15) is 0 Å². The van der Waals surface area contributed by atoms with Crippen LogP contribution in [0.25, 0.3) is 0 Å². The molecule has 3 heteroatoms. The van der Waals surface area contributed by atoms with Crippen molar-refractivity contribution in [1.29, 1.82) is 0 Å². The zero-order chi connectivity index (χ0) is 15.4. The molecule has 1 fully saturated rings. The molecule has 0 aliphatic heterocycles. The molecule has 0 heterocycles. The minimum absolute atomic E-state index is 0.0512. The molecular formula is C19H20FNO. The fraction of sp³-hybridized carbons (Fsp3) is 0.316. The highest BCUT2D eigenvalue weighted by Crippen LogP contribution is 2.48. The minimum atomic E-state index is -0.202. The highest BCUT2D eigenvalue weighted by molar-refractivity contribution is 5.82. The molecule has 0 saturated heterocycles. The summed E-state index contributed by atoms with van der Waals surface area (Å²) in [6.45, 7) is 0.675. The average molecular weight is 297 g/mol. The molecule has 2 aromatic carbocycles. The van der Waals surface area contributed by atoms with Crippen molar-refractivity contribution >= 4 is 5.91 Å². The Morgan fingerprint density at radius 1 is 1.09 bits per heavy atom. The van der Waals surface area contributed by atoms with Crippen LogP contribution >= 0.6 is 0 Å². The van der Waals surface area contributed by atoms with Crippen LogP contribution in [0.3, 0.4) is 0 Å². The second-order valence-electron chi connectivity index (χ2n) is 5.85. The van der Waals surface area contributed by atoms with Crippen LogP contribution in [-0.4, -0.2) is 12.5 Å². The zero-order valence-electron chi connectivity index (χ0n) is 12.5. The summed E-state index contributed by atoms with van der Waals surface area (Å²) in [5.74, 6) is -0.155. The monoisotopic (exact) mass is 297 g/mol. The lowest BCUT2D eigenvalue weighted by Crippen LogP contribution is -2.26. The van der Waals surface area contributed by atoms with Crippen LogP contribution in [0.4, 0.5) is 4.39 Å². The fourth-order valence-electron chi connectivity index (χ4n) is 2.88. The van der Waals surface area contributed by atoms with Crippen LogP contribution in [0.15, 0.2) is 54.6 Å². The molecule has 1 amide bonds. The number of amides is 1. The molecule has 2 unspecified atom stereocenters. The van der Waals surface area contributed by atoms with E-state index in [0.717, 1.165) is 19.3 Å². The van der Waals surface area contributed by atoms with Crippen molar-refractivity contribution in [3.63, 3.8) is 0 Å². The summed E-state index contributed by atoms with van der Waals surface area (Å²) < 4.78 is 13.7. The maximum absolute atomic E-state index is 13.7. The summed E-state index contributed by atoms with van der Waals surface area (Å²) in [7, 11) is 0. The standard InChI is InChI=1S/C19H20FNO/c20-18-11-5-4-10-15(18)16-13-17(16)19(22)21-12-6-9-14-7-2-1-3-8-14/h1-5,7-8,10-11,16-17H,6,9,12-13H2,(H,21,22). The second kappa shape index (κ2) is 6.73. The topological polar surface area (TPSA) is 29.1 Å². The first-order valence-corrected chi connectivity index (χ1v) is 7.82. The van der Waals surface area contributed by atoms with E-state index < -0.39 is 0 Å². The molecule has 0 aromatic heterocycles. The predicted octanol–water partition coefficient (Wildman–Crippen LogP) is 3.68. The van der Waals surface area contributed by atoms with E-state index in [1.54, 1.807) is 12.1 Å². The van der Waals surface area contributed by atoms with Crippen LogP contribution < -0.4 is 5.32 Å². The van der Waals surface area contributed by atoms with Crippen molar-refractivity contribution in [2.45, 2.75) is 25.2 Å². The van der Waals surface area contributed by atoms with Crippen LogP contribution in [0, 0.1) is 11.7 Å². The van der Waals surface area contributed by atoms with Gasteiger partial charge in [0, 0.05) is 12.5 Å². The van der Waals surface area contributed by atoms with Gasteiger partial charge in [0.25, 0.3) is 0 Å². The number of carbonyl (C=O) groups is 1. The van der Waals surface area contributed by atoms with Crippen molar-refractivity contribution in [1.82, 2.24) is 5.32 Å². The smallest absolute Gasteiger partial charge is 0.223 e.